The number of nitrogens with one attached hydrogen (secondary N) is 2. The molecule has 0 bridgehead atoms. The van der Waals surface area contributed by atoms with Crippen molar-refractivity contribution in [1.82, 2.24) is 10.6 Å². The van der Waals surface area contributed by atoms with Crippen LogP contribution in [0.5, 0.6) is 5.75 Å². The van der Waals surface area contributed by atoms with Crippen LogP contribution in [0.4, 0.5) is 0 Å². The van der Waals surface area contributed by atoms with E-state index in [1.54, 1.807) is 20.1 Å². The maximum atomic E-state index is 12.4. The molecule has 1 aliphatic carbocycles. The average Bonchev–Trinajstić information content (AvgIpc) is 2.64. The van der Waals surface area contributed by atoms with Crippen molar-refractivity contribution in [2.75, 3.05) is 7.11 Å². The van der Waals surface area contributed by atoms with Crippen LogP contribution in [0, 0.1) is 11.8 Å². The molecular weight excluding hydrogens is 328 g/mol. The number of methoxy groups -OCH3 is 1. The van der Waals surface area contributed by atoms with Gasteiger partial charge < -0.3 is 15.4 Å². The summed E-state index contributed by atoms with van der Waals surface area (Å²) in [6, 6.07) is 7.03. The number of amides is 2. The summed E-state index contributed by atoms with van der Waals surface area (Å²) in [5.41, 5.74) is 0.892. The van der Waals surface area contributed by atoms with Crippen LogP contribution in [-0.4, -0.2) is 31.0 Å². The molecule has 2 amide bonds. The summed E-state index contributed by atoms with van der Waals surface area (Å²) < 4.78 is 5.10. The van der Waals surface area contributed by atoms with E-state index in [-0.39, 0.29) is 17.9 Å². The third-order valence-corrected chi connectivity index (χ3v) is 5.33. The summed E-state index contributed by atoms with van der Waals surface area (Å²) in [6.07, 6.45) is 6.52. The monoisotopic (exact) mass is 358 g/mol. The highest BCUT2D eigenvalue weighted by Crippen LogP contribution is 2.29. The van der Waals surface area contributed by atoms with Gasteiger partial charge in [-0.15, -0.1) is 0 Å². The number of hydrogen-bond acceptors (Lipinski definition) is 3. The lowest BCUT2D eigenvalue weighted by Crippen LogP contribution is -2.51. The van der Waals surface area contributed by atoms with Crippen molar-refractivity contribution >= 4 is 17.9 Å². The molecule has 1 fully saturated rings. The van der Waals surface area contributed by atoms with Gasteiger partial charge in [-0.25, -0.2) is 0 Å². The fourth-order valence-electron chi connectivity index (χ4n) is 3.31. The minimum atomic E-state index is -0.563. The molecule has 1 aromatic carbocycles. The van der Waals surface area contributed by atoms with E-state index in [9.17, 15) is 9.59 Å². The molecule has 1 aliphatic rings. The standard InChI is InChI=1S/C21H30N2O3/c1-14-6-5-7-19(15(14)2)23-21(25)16(3)22-20(24)13-10-17-8-11-18(26-4)12-9-17/h8-16,19H,5-7H2,1-4H3,(H,22,24)(H,23,25)/b13-10+. The van der Waals surface area contributed by atoms with Crippen LogP contribution in [0.15, 0.2) is 30.3 Å². The molecule has 4 atom stereocenters. The van der Waals surface area contributed by atoms with Crippen molar-refractivity contribution in [2.24, 2.45) is 11.8 Å². The molecule has 2 rings (SSSR count). The second-order valence-corrected chi connectivity index (χ2v) is 7.22. The van der Waals surface area contributed by atoms with Gasteiger partial charge in [0, 0.05) is 12.1 Å². The van der Waals surface area contributed by atoms with Crippen LogP contribution in [-0.2, 0) is 9.59 Å². The lowest BCUT2D eigenvalue weighted by molar-refractivity contribution is -0.127. The van der Waals surface area contributed by atoms with E-state index in [1.807, 2.05) is 24.3 Å². The number of carbonyl (C=O) groups is 2. The van der Waals surface area contributed by atoms with E-state index in [1.165, 1.54) is 12.5 Å². The maximum absolute atomic E-state index is 12.4. The molecule has 4 unspecified atom stereocenters. The van der Waals surface area contributed by atoms with Crippen LogP contribution in [0.2, 0.25) is 0 Å². The van der Waals surface area contributed by atoms with Crippen molar-refractivity contribution in [1.29, 1.82) is 0 Å². The molecule has 0 heterocycles. The number of benzene rings is 1. The third-order valence-electron chi connectivity index (χ3n) is 5.33. The van der Waals surface area contributed by atoms with Crippen LogP contribution in [0.3, 0.4) is 0 Å². The Morgan fingerprint density at radius 3 is 2.54 bits per heavy atom. The molecular formula is C21H30N2O3. The van der Waals surface area contributed by atoms with Crippen LogP contribution in [0.1, 0.15) is 45.6 Å². The zero-order valence-electron chi connectivity index (χ0n) is 16.1. The minimum Gasteiger partial charge on any atom is -0.497 e. The molecule has 142 valence electrons. The molecule has 0 aliphatic heterocycles. The third kappa shape index (κ3) is 5.61. The molecule has 5 heteroatoms. The maximum Gasteiger partial charge on any atom is 0.244 e. The van der Waals surface area contributed by atoms with Gasteiger partial charge in [0.05, 0.1) is 7.11 Å². The molecule has 26 heavy (non-hydrogen) atoms. The summed E-state index contributed by atoms with van der Waals surface area (Å²) in [7, 11) is 1.61. The Morgan fingerprint density at radius 1 is 1.19 bits per heavy atom. The highest BCUT2D eigenvalue weighted by molar-refractivity contribution is 5.95. The van der Waals surface area contributed by atoms with E-state index in [0.717, 1.165) is 24.2 Å². The zero-order valence-corrected chi connectivity index (χ0v) is 16.1. The molecule has 0 saturated heterocycles. The Bertz CT molecular complexity index is 639. The summed E-state index contributed by atoms with van der Waals surface area (Å²) >= 11 is 0. The van der Waals surface area contributed by atoms with E-state index in [2.05, 4.69) is 24.5 Å². The topological polar surface area (TPSA) is 67.4 Å². The predicted molar refractivity (Wildman–Crippen MR) is 104 cm³/mol. The van der Waals surface area contributed by atoms with Gasteiger partial charge in [-0.05, 0) is 49.0 Å². The van der Waals surface area contributed by atoms with Gasteiger partial charge in [-0.1, -0.05) is 38.8 Å². The Morgan fingerprint density at radius 2 is 1.88 bits per heavy atom. The fraction of sp³-hybridized carbons (Fsp3) is 0.524. The Hall–Kier alpha value is -2.30. The zero-order chi connectivity index (χ0) is 19.1. The summed E-state index contributed by atoms with van der Waals surface area (Å²) in [5, 5.41) is 5.82. The minimum absolute atomic E-state index is 0.123. The Kier molecular flexibility index (Phi) is 7.25. The first-order valence-electron chi connectivity index (χ1n) is 9.33. The number of rotatable bonds is 6. The lowest BCUT2D eigenvalue weighted by Gasteiger charge is -2.35. The molecule has 1 aromatic rings. The summed E-state index contributed by atoms with van der Waals surface area (Å²) in [4.78, 5) is 24.4. The smallest absolute Gasteiger partial charge is 0.244 e. The predicted octanol–water partition coefficient (Wildman–Crippen LogP) is 3.15. The Labute approximate surface area is 156 Å². The second-order valence-electron chi connectivity index (χ2n) is 7.22. The first kappa shape index (κ1) is 20.0. The van der Waals surface area contributed by atoms with E-state index >= 15 is 0 Å². The number of hydrogen-bond donors (Lipinski definition) is 2. The van der Waals surface area contributed by atoms with Crippen molar-refractivity contribution in [3.8, 4) is 5.75 Å². The van der Waals surface area contributed by atoms with Crippen molar-refractivity contribution in [2.45, 2.75) is 52.1 Å². The average molecular weight is 358 g/mol. The van der Waals surface area contributed by atoms with Gasteiger partial charge in [-0.3, -0.25) is 9.59 Å². The molecule has 0 spiro atoms. The van der Waals surface area contributed by atoms with Crippen LogP contribution in [0.25, 0.3) is 6.08 Å². The van der Waals surface area contributed by atoms with E-state index in [4.69, 9.17) is 4.74 Å². The highest BCUT2D eigenvalue weighted by atomic mass is 16.5. The number of carbonyl (C=O) groups excluding carboxylic acids is 2. The van der Waals surface area contributed by atoms with Gasteiger partial charge in [-0.2, -0.15) is 0 Å². The Balaban J connectivity index is 1.83. The van der Waals surface area contributed by atoms with Crippen molar-refractivity contribution < 1.29 is 14.3 Å². The fourth-order valence-corrected chi connectivity index (χ4v) is 3.31. The normalized spacial score (nSPS) is 24.1. The second kappa shape index (κ2) is 9.41. The molecule has 0 radical (unpaired) electrons. The van der Waals surface area contributed by atoms with Gasteiger partial charge in [0.15, 0.2) is 0 Å². The SMILES string of the molecule is COc1ccc(/C=C/C(=O)NC(C)C(=O)NC2CCCC(C)C2C)cc1. The molecule has 5 nitrogen and oxygen atoms in total. The lowest BCUT2D eigenvalue weighted by atomic mass is 9.78. The quantitative estimate of drug-likeness (QED) is 0.768. The van der Waals surface area contributed by atoms with Gasteiger partial charge >= 0.3 is 0 Å². The van der Waals surface area contributed by atoms with Crippen molar-refractivity contribution in [3.63, 3.8) is 0 Å². The van der Waals surface area contributed by atoms with Crippen LogP contribution < -0.4 is 15.4 Å². The van der Waals surface area contributed by atoms with E-state index < -0.39 is 6.04 Å². The molecule has 2 N–H and O–H groups in total. The highest BCUT2D eigenvalue weighted by Gasteiger charge is 2.29. The van der Waals surface area contributed by atoms with Gasteiger partial charge in [0.2, 0.25) is 11.8 Å². The van der Waals surface area contributed by atoms with Crippen LogP contribution >= 0.6 is 0 Å². The number of ether oxygens (including phenoxy) is 1. The summed E-state index contributed by atoms with van der Waals surface area (Å²) in [6.45, 7) is 6.14. The first-order chi connectivity index (χ1) is 12.4. The molecule has 0 aromatic heterocycles. The van der Waals surface area contributed by atoms with Gasteiger partial charge in [0.1, 0.15) is 11.8 Å². The van der Waals surface area contributed by atoms with E-state index in [0.29, 0.717) is 11.8 Å². The van der Waals surface area contributed by atoms with Gasteiger partial charge in [0.25, 0.3) is 0 Å². The largest absolute Gasteiger partial charge is 0.497 e. The molecule has 1 saturated carbocycles. The summed E-state index contributed by atoms with van der Waals surface area (Å²) in [5.74, 6) is 1.44. The first-order valence-corrected chi connectivity index (χ1v) is 9.33. The van der Waals surface area contributed by atoms with Crippen molar-refractivity contribution in [3.05, 3.63) is 35.9 Å².